The Morgan fingerprint density at radius 1 is 1.12 bits per heavy atom. The van der Waals surface area contributed by atoms with Crippen molar-refractivity contribution >= 4 is 40.8 Å². The molecule has 1 amide bonds. The summed E-state index contributed by atoms with van der Waals surface area (Å²) in [5.41, 5.74) is 6.85. The van der Waals surface area contributed by atoms with Crippen LogP contribution in [0.1, 0.15) is 12.5 Å². The molecule has 2 aromatic carbocycles. The average molecular weight is 381 g/mol. The molecule has 2 rings (SSSR count). The predicted octanol–water partition coefficient (Wildman–Crippen LogP) is 3.37. The number of nitrogens with two attached hydrogens (primary N) is 1. The van der Waals surface area contributed by atoms with E-state index >= 15 is 0 Å². The van der Waals surface area contributed by atoms with Crippen molar-refractivity contribution in [1.82, 2.24) is 0 Å². The van der Waals surface area contributed by atoms with Gasteiger partial charge in [-0.05, 0) is 30.7 Å². The van der Waals surface area contributed by atoms with Gasteiger partial charge in [-0.25, -0.2) is 4.79 Å². The summed E-state index contributed by atoms with van der Waals surface area (Å²) < 4.78 is 0. The molecule has 0 aliphatic rings. The van der Waals surface area contributed by atoms with E-state index < -0.39 is 24.0 Å². The van der Waals surface area contributed by atoms with E-state index in [-0.39, 0.29) is 11.4 Å². The second-order valence-corrected chi connectivity index (χ2v) is 6.45. The van der Waals surface area contributed by atoms with Crippen LogP contribution in [0.25, 0.3) is 0 Å². The monoisotopic (exact) mass is 380 g/mol. The highest BCUT2D eigenvalue weighted by molar-refractivity contribution is 6.42. The van der Waals surface area contributed by atoms with Crippen LogP contribution in [0.3, 0.4) is 0 Å². The molecule has 3 N–H and O–H groups in total. The fourth-order valence-corrected chi connectivity index (χ4v) is 2.73. The van der Waals surface area contributed by atoms with Crippen LogP contribution in [-0.2, 0) is 16.0 Å². The Labute approximate surface area is 156 Å². The molecule has 0 heterocycles. The SMILES string of the molecule is CC(N)C(=O)N(c1ccc(Cl)c(Cl)c1)C(Cc1ccccc1)C(=O)O. The maximum Gasteiger partial charge on any atom is 0.327 e. The van der Waals surface area contributed by atoms with Crippen LogP contribution in [0.2, 0.25) is 10.0 Å². The van der Waals surface area contributed by atoms with Crippen LogP contribution in [0, 0.1) is 0 Å². The molecule has 0 aromatic heterocycles. The number of amides is 1. The first-order valence-corrected chi connectivity index (χ1v) is 8.37. The molecule has 0 bridgehead atoms. The molecule has 0 aliphatic carbocycles. The number of carbonyl (C=O) groups excluding carboxylic acids is 1. The van der Waals surface area contributed by atoms with E-state index in [4.69, 9.17) is 28.9 Å². The van der Waals surface area contributed by atoms with E-state index in [0.717, 1.165) is 5.56 Å². The Bertz CT molecular complexity index is 766. The first kappa shape index (κ1) is 19.2. The number of halogens is 2. The Morgan fingerprint density at radius 2 is 1.76 bits per heavy atom. The zero-order valence-electron chi connectivity index (χ0n) is 13.5. The van der Waals surface area contributed by atoms with Crippen LogP contribution in [-0.4, -0.2) is 29.1 Å². The average Bonchev–Trinajstić information content (AvgIpc) is 2.57. The van der Waals surface area contributed by atoms with Crippen LogP contribution in [0.5, 0.6) is 0 Å². The lowest BCUT2D eigenvalue weighted by Crippen LogP contribution is -2.52. The minimum atomic E-state index is -1.14. The van der Waals surface area contributed by atoms with Gasteiger partial charge in [-0.2, -0.15) is 0 Å². The Hall–Kier alpha value is -2.08. The molecule has 2 aromatic rings. The fraction of sp³-hybridized carbons (Fsp3) is 0.222. The summed E-state index contributed by atoms with van der Waals surface area (Å²) in [5, 5.41) is 10.3. The Morgan fingerprint density at radius 3 is 2.28 bits per heavy atom. The lowest BCUT2D eigenvalue weighted by molar-refractivity contribution is -0.140. The van der Waals surface area contributed by atoms with Gasteiger partial charge in [-0.1, -0.05) is 53.5 Å². The molecule has 2 atom stereocenters. The third-order valence-electron chi connectivity index (χ3n) is 3.68. The van der Waals surface area contributed by atoms with Crippen LogP contribution in [0.15, 0.2) is 48.5 Å². The fourth-order valence-electron chi connectivity index (χ4n) is 2.44. The standard InChI is InChI=1S/C18H18Cl2N2O3/c1-11(21)17(23)22(13-7-8-14(19)15(20)10-13)16(18(24)25)9-12-5-3-2-4-6-12/h2-8,10-11,16H,9,21H2,1H3,(H,24,25). The van der Waals surface area contributed by atoms with Gasteiger partial charge in [0.25, 0.3) is 0 Å². The van der Waals surface area contributed by atoms with Crippen molar-refractivity contribution in [2.75, 3.05) is 4.90 Å². The summed E-state index contributed by atoms with van der Waals surface area (Å²) in [6.07, 6.45) is 0.134. The summed E-state index contributed by atoms with van der Waals surface area (Å²) in [4.78, 5) is 25.7. The van der Waals surface area contributed by atoms with Gasteiger partial charge in [0.1, 0.15) is 6.04 Å². The Kier molecular flexibility index (Phi) is 6.42. The van der Waals surface area contributed by atoms with Crippen molar-refractivity contribution < 1.29 is 14.7 Å². The molecule has 7 heteroatoms. The maximum absolute atomic E-state index is 12.6. The van der Waals surface area contributed by atoms with E-state index in [2.05, 4.69) is 0 Å². The van der Waals surface area contributed by atoms with Gasteiger partial charge in [0.15, 0.2) is 0 Å². The van der Waals surface area contributed by atoms with Crippen molar-refractivity contribution in [3.8, 4) is 0 Å². The molecule has 0 radical (unpaired) electrons. The first-order valence-electron chi connectivity index (χ1n) is 7.61. The molecule has 0 saturated carbocycles. The summed E-state index contributed by atoms with van der Waals surface area (Å²) in [5.74, 6) is -1.65. The van der Waals surface area contributed by atoms with Gasteiger partial charge in [-0.3, -0.25) is 9.69 Å². The highest BCUT2D eigenvalue weighted by Gasteiger charge is 2.33. The van der Waals surface area contributed by atoms with E-state index in [1.807, 2.05) is 18.2 Å². The second kappa shape index (κ2) is 8.34. The summed E-state index contributed by atoms with van der Waals surface area (Å²) in [6, 6.07) is 11.6. The summed E-state index contributed by atoms with van der Waals surface area (Å²) >= 11 is 12.0. The number of aliphatic carboxylic acids is 1. The predicted molar refractivity (Wildman–Crippen MR) is 99.2 cm³/mol. The van der Waals surface area contributed by atoms with Crippen molar-refractivity contribution in [3.63, 3.8) is 0 Å². The normalized spacial score (nSPS) is 13.1. The topological polar surface area (TPSA) is 83.6 Å². The highest BCUT2D eigenvalue weighted by atomic mass is 35.5. The van der Waals surface area contributed by atoms with Gasteiger partial charge < -0.3 is 10.8 Å². The van der Waals surface area contributed by atoms with Crippen molar-refractivity contribution in [2.45, 2.75) is 25.4 Å². The smallest absolute Gasteiger partial charge is 0.327 e. The van der Waals surface area contributed by atoms with Gasteiger partial charge in [0.2, 0.25) is 5.91 Å². The van der Waals surface area contributed by atoms with Gasteiger partial charge in [-0.15, -0.1) is 0 Å². The maximum atomic E-state index is 12.6. The van der Waals surface area contributed by atoms with E-state index in [1.54, 1.807) is 18.2 Å². The van der Waals surface area contributed by atoms with Crippen LogP contribution in [0.4, 0.5) is 5.69 Å². The second-order valence-electron chi connectivity index (χ2n) is 5.64. The zero-order valence-corrected chi connectivity index (χ0v) is 15.0. The number of hydrogen-bond acceptors (Lipinski definition) is 3. The number of anilines is 1. The van der Waals surface area contributed by atoms with E-state index in [1.165, 1.54) is 24.0 Å². The number of carbonyl (C=O) groups is 2. The molecule has 5 nitrogen and oxygen atoms in total. The van der Waals surface area contributed by atoms with Crippen LogP contribution < -0.4 is 10.6 Å². The summed E-state index contributed by atoms with van der Waals surface area (Å²) in [6.45, 7) is 1.51. The zero-order chi connectivity index (χ0) is 18.6. The number of hydrogen-bond donors (Lipinski definition) is 2. The lowest BCUT2D eigenvalue weighted by atomic mass is 10.0. The number of nitrogens with zero attached hydrogens (tertiary/aromatic N) is 1. The molecular formula is C18H18Cl2N2O3. The molecule has 2 unspecified atom stereocenters. The molecule has 0 saturated heterocycles. The van der Waals surface area contributed by atoms with Crippen molar-refractivity contribution in [3.05, 3.63) is 64.1 Å². The molecule has 0 fully saturated rings. The van der Waals surface area contributed by atoms with Crippen LogP contribution >= 0.6 is 23.2 Å². The van der Waals surface area contributed by atoms with E-state index in [0.29, 0.717) is 10.7 Å². The van der Waals surface area contributed by atoms with Gasteiger partial charge >= 0.3 is 5.97 Å². The largest absolute Gasteiger partial charge is 0.480 e. The first-order chi connectivity index (χ1) is 11.8. The molecule has 0 aliphatic heterocycles. The Balaban J connectivity index is 2.48. The molecular weight excluding hydrogens is 363 g/mol. The quantitative estimate of drug-likeness (QED) is 0.804. The number of rotatable bonds is 6. The third-order valence-corrected chi connectivity index (χ3v) is 4.42. The minimum Gasteiger partial charge on any atom is -0.480 e. The minimum absolute atomic E-state index is 0.134. The van der Waals surface area contributed by atoms with Gasteiger partial charge in [0, 0.05) is 12.1 Å². The molecule has 0 spiro atoms. The van der Waals surface area contributed by atoms with E-state index in [9.17, 15) is 14.7 Å². The third kappa shape index (κ3) is 4.72. The van der Waals surface area contributed by atoms with Crippen molar-refractivity contribution in [1.29, 1.82) is 0 Å². The lowest BCUT2D eigenvalue weighted by Gasteiger charge is -2.31. The molecule has 132 valence electrons. The number of carboxylic acid groups (broad SMARTS) is 1. The molecule has 25 heavy (non-hydrogen) atoms. The highest BCUT2D eigenvalue weighted by Crippen LogP contribution is 2.29. The number of benzene rings is 2. The number of carboxylic acids is 1. The van der Waals surface area contributed by atoms with Crippen molar-refractivity contribution in [2.24, 2.45) is 5.73 Å². The van der Waals surface area contributed by atoms with Gasteiger partial charge in [0.05, 0.1) is 16.1 Å². The summed E-state index contributed by atoms with van der Waals surface area (Å²) in [7, 11) is 0.